The Labute approximate surface area is 118 Å². The van der Waals surface area contributed by atoms with E-state index in [0.717, 1.165) is 6.42 Å². The summed E-state index contributed by atoms with van der Waals surface area (Å²) in [6.45, 7) is 7.45. The molecule has 1 aromatic rings. The maximum atomic E-state index is 12.3. The van der Waals surface area contributed by atoms with Crippen molar-refractivity contribution >= 4 is 5.97 Å². The van der Waals surface area contributed by atoms with Crippen LogP contribution < -0.4 is 5.56 Å². The average Bonchev–Trinajstić information content (AvgIpc) is 2.31. The van der Waals surface area contributed by atoms with Crippen LogP contribution in [0.15, 0.2) is 10.9 Å². The van der Waals surface area contributed by atoms with Gasteiger partial charge in [0, 0.05) is 30.3 Å². The first-order chi connectivity index (χ1) is 9.21. The Morgan fingerprint density at radius 2 is 2.05 bits per heavy atom. The van der Waals surface area contributed by atoms with Crippen molar-refractivity contribution in [2.24, 2.45) is 5.41 Å². The van der Waals surface area contributed by atoms with Gasteiger partial charge in [-0.3, -0.25) is 4.79 Å². The fourth-order valence-corrected chi connectivity index (χ4v) is 3.31. The number of carboxylic acid groups (broad SMARTS) is 1. The number of ether oxygens (including phenoxy) is 1. The molecule has 1 saturated carbocycles. The second-order valence-corrected chi connectivity index (χ2v) is 6.10. The van der Waals surface area contributed by atoms with E-state index in [1.54, 1.807) is 25.5 Å². The summed E-state index contributed by atoms with van der Waals surface area (Å²) in [5.74, 6) is -0.992. The van der Waals surface area contributed by atoms with Crippen LogP contribution in [0.2, 0.25) is 0 Å². The second kappa shape index (κ2) is 4.74. The molecular weight excluding hydrogens is 258 g/mol. The minimum Gasteiger partial charge on any atom is -0.478 e. The Morgan fingerprint density at radius 3 is 2.50 bits per heavy atom. The van der Waals surface area contributed by atoms with Crippen LogP contribution >= 0.6 is 0 Å². The van der Waals surface area contributed by atoms with E-state index in [1.807, 2.05) is 13.8 Å². The van der Waals surface area contributed by atoms with E-state index in [-0.39, 0.29) is 28.7 Å². The van der Waals surface area contributed by atoms with E-state index in [1.165, 1.54) is 6.07 Å². The molecule has 2 rings (SSSR count). The van der Waals surface area contributed by atoms with Gasteiger partial charge in [0.25, 0.3) is 5.56 Å². The van der Waals surface area contributed by atoms with Crippen LogP contribution in [0, 0.1) is 19.3 Å². The standard InChI is InChI=1S/C15H21NO4/c1-8-6-12(17)16(9(2)13(8)14(18)19)10-7-11(20-5)15(10,3)4/h6,10-11H,7H2,1-5H3,(H,18,19). The third-order valence-corrected chi connectivity index (χ3v) is 4.63. The molecule has 1 aliphatic carbocycles. The van der Waals surface area contributed by atoms with E-state index >= 15 is 0 Å². The van der Waals surface area contributed by atoms with Gasteiger partial charge in [-0.1, -0.05) is 13.8 Å². The molecule has 1 N–H and O–H groups in total. The Bertz CT molecular complexity index is 615. The highest BCUT2D eigenvalue weighted by Crippen LogP contribution is 2.50. The maximum Gasteiger partial charge on any atom is 0.337 e. The first kappa shape index (κ1) is 14.8. The molecule has 0 bridgehead atoms. The van der Waals surface area contributed by atoms with Crippen molar-refractivity contribution in [1.29, 1.82) is 0 Å². The normalized spacial score (nSPS) is 24.2. The van der Waals surface area contributed by atoms with Gasteiger partial charge in [0.05, 0.1) is 11.7 Å². The van der Waals surface area contributed by atoms with Crippen molar-refractivity contribution in [2.45, 2.75) is 46.3 Å². The number of carbonyl (C=O) groups is 1. The minimum atomic E-state index is -0.992. The highest BCUT2D eigenvalue weighted by molar-refractivity contribution is 5.90. The Kier molecular flexibility index (Phi) is 3.50. The number of hydrogen-bond donors (Lipinski definition) is 1. The molecule has 2 unspecified atom stereocenters. The first-order valence-electron chi connectivity index (χ1n) is 6.70. The molecule has 1 fully saturated rings. The lowest BCUT2D eigenvalue weighted by molar-refractivity contribution is -0.114. The number of aryl methyl sites for hydroxylation is 1. The number of aromatic nitrogens is 1. The second-order valence-electron chi connectivity index (χ2n) is 6.10. The van der Waals surface area contributed by atoms with Crippen molar-refractivity contribution in [1.82, 2.24) is 4.57 Å². The van der Waals surface area contributed by atoms with Gasteiger partial charge in [-0.2, -0.15) is 0 Å². The Balaban J connectivity index is 2.57. The maximum absolute atomic E-state index is 12.3. The SMILES string of the molecule is COC1CC(n2c(C)c(C(=O)O)c(C)cc2=O)C1(C)C. The van der Waals surface area contributed by atoms with Gasteiger partial charge in [-0.15, -0.1) is 0 Å². The van der Waals surface area contributed by atoms with Crippen molar-refractivity contribution in [3.63, 3.8) is 0 Å². The lowest BCUT2D eigenvalue weighted by Gasteiger charge is -2.52. The van der Waals surface area contributed by atoms with Gasteiger partial charge in [0.1, 0.15) is 0 Å². The molecule has 0 amide bonds. The molecule has 5 nitrogen and oxygen atoms in total. The predicted molar refractivity (Wildman–Crippen MR) is 75.4 cm³/mol. The number of carboxylic acids is 1. The van der Waals surface area contributed by atoms with E-state index in [4.69, 9.17) is 4.74 Å². The third kappa shape index (κ3) is 1.97. The summed E-state index contributed by atoms with van der Waals surface area (Å²) in [6, 6.07) is 1.38. The van der Waals surface area contributed by atoms with Gasteiger partial charge in [0.2, 0.25) is 0 Å². The van der Waals surface area contributed by atoms with Crippen LogP contribution in [-0.4, -0.2) is 28.9 Å². The topological polar surface area (TPSA) is 68.5 Å². The summed E-state index contributed by atoms with van der Waals surface area (Å²) in [5, 5.41) is 9.32. The van der Waals surface area contributed by atoms with Gasteiger partial charge >= 0.3 is 5.97 Å². The molecule has 0 aliphatic heterocycles. The molecule has 20 heavy (non-hydrogen) atoms. The molecule has 1 heterocycles. The van der Waals surface area contributed by atoms with Crippen LogP contribution in [0.5, 0.6) is 0 Å². The molecule has 1 aliphatic rings. The van der Waals surface area contributed by atoms with Crippen LogP contribution in [0.4, 0.5) is 0 Å². The van der Waals surface area contributed by atoms with Crippen molar-refractivity contribution in [2.75, 3.05) is 7.11 Å². The molecule has 0 aromatic carbocycles. The van der Waals surface area contributed by atoms with Gasteiger partial charge in [-0.05, 0) is 25.8 Å². The lowest BCUT2D eigenvalue weighted by Crippen LogP contribution is -2.53. The van der Waals surface area contributed by atoms with E-state index in [0.29, 0.717) is 11.3 Å². The third-order valence-electron chi connectivity index (χ3n) is 4.63. The van der Waals surface area contributed by atoms with Gasteiger partial charge in [0.15, 0.2) is 0 Å². The van der Waals surface area contributed by atoms with E-state index < -0.39 is 5.97 Å². The number of aromatic carboxylic acids is 1. The summed E-state index contributed by atoms with van der Waals surface area (Å²) in [5.41, 5.74) is 0.930. The van der Waals surface area contributed by atoms with Crippen molar-refractivity contribution < 1.29 is 14.6 Å². The van der Waals surface area contributed by atoms with Crippen molar-refractivity contribution in [3.8, 4) is 0 Å². The quantitative estimate of drug-likeness (QED) is 0.920. The Morgan fingerprint density at radius 1 is 1.45 bits per heavy atom. The fraction of sp³-hybridized carbons (Fsp3) is 0.600. The highest BCUT2D eigenvalue weighted by Gasteiger charge is 2.50. The summed E-state index contributed by atoms with van der Waals surface area (Å²) in [6.07, 6.45) is 0.820. The molecule has 2 atom stereocenters. The predicted octanol–water partition coefficient (Wildman–Crippen LogP) is 2.15. The Hall–Kier alpha value is -1.62. The smallest absolute Gasteiger partial charge is 0.337 e. The molecule has 0 saturated heterocycles. The average molecular weight is 279 g/mol. The minimum absolute atomic E-state index is 0.0290. The molecule has 0 radical (unpaired) electrons. The highest BCUT2D eigenvalue weighted by atomic mass is 16.5. The summed E-state index contributed by atoms with van der Waals surface area (Å²) < 4.78 is 7.02. The molecular formula is C15H21NO4. The number of pyridine rings is 1. The van der Waals surface area contributed by atoms with Gasteiger partial charge < -0.3 is 14.4 Å². The summed E-state index contributed by atoms with van der Waals surface area (Å²) in [7, 11) is 1.66. The van der Waals surface area contributed by atoms with Crippen LogP contribution in [0.3, 0.4) is 0 Å². The van der Waals surface area contributed by atoms with Crippen molar-refractivity contribution in [3.05, 3.63) is 33.2 Å². The number of rotatable bonds is 3. The molecule has 5 heteroatoms. The zero-order valence-corrected chi connectivity index (χ0v) is 12.6. The zero-order valence-electron chi connectivity index (χ0n) is 12.6. The van der Waals surface area contributed by atoms with Crippen LogP contribution in [0.25, 0.3) is 0 Å². The van der Waals surface area contributed by atoms with Crippen LogP contribution in [0.1, 0.15) is 47.9 Å². The first-order valence-corrected chi connectivity index (χ1v) is 6.70. The summed E-state index contributed by atoms with van der Waals surface area (Å²) in [4.78, 5) is 23.7. The van der Waals surface area contributed by atoms with Gasteiger partial charge in [-0.25, -0.2) is 4.79 Å². The number of hydrogen-bond acceptors (Lipinski definition) is 3. The monoisotopic (exact) mass is 279 g/mol. The zero-order chi connectivity index (χ0) is 15.2. The largest absolute Gasteiger partial charge is 0.478 e. The van der Waals surface area contributed by atoms with E-state index in [2.05, 4.69) is 0 Å². The molecule has 1 aromatic heterocycles. The van der Waals surface area contributed by atoms with Crippen LogP contribution in [-0.2, 0) is 4.74 Å². The fourth-order valence-electron chi connectivity index (χ4n) is 3.31. The van der Waals surface area contributed by atoms with E-state index in [9.17, 15) is 14.7 Å². The lowest BCUT2D eigenvalue weighted by atomic mass is 9.64. The summed E-state index contributed by atoms with van der Waals surface area (Å²) >= 11 is 0. The molecule has 110 valence electrons. The number of nitrogens with zero attached hydrogens (tertiary/aromatic N) is 1. The number of methoxy groups -OCH3 is 1. The molecule has 0 spiro atoms.